The number of hydrogen-bond acceptors (Lipinski definition) is 4. The van der Waals surface area contributed by atoms with Crippen molar-refractivity contribution in [2.45, 2.75) is 26.2 Å². The van der Waals surface area contributed by atoms with Crippen molar-refractivity contribution in [3.63, 3.8) is 0 Å². The van der Waals surface area contributed by atoms with Gasteiger partial charge in [0.25, 0.3) is 0 Å². The zero-order chi connectivity index (χ0) is 13.5. The zero-order valence-electron chi connectivity index (χ0n) is 11.7. The number of nitrogens with zero attached hydrogens (tertiary/aromatic N) is 5. The quantitative estimate of drug-likeness (QED) is 0.838. The Balaban J connectivity index is 1.53. The smallest absolute Gasteiger partial charge is 0.175 e. The van der Waals surface area contributed by atoms with Crippen molar-refractivity contribution in [3.05, 3.63) is 30.1 Å². The van der Waals surface area contributed by atoms with E-state index >= 15 is 0 Å². The average Bonchev–Trinajstić information content (AvgIpc) is 3.13. The van der Waals surface area contributed by atoms with Crippen LogP contribution in [-0.4, -0.2) is 33.1 Å². The third-order valence-electron chi connectivity index (χ3n) is 4.64. The molecule has 104 valence electrons. The van der Waals surface area contributed by atoms with Gasteiger partial charge >= 0.3 is 0 Å². The van der Waals surface area contributed by atoms with Crippen molar-refractivity contribution in [2.24, 2.45) is 11.8 Å². The highest BCUT2D eigenvalue weighted by molar-refractivity contribution is 5.41. The molecule has 2 atom stereocenters. The molecule has 2 aliphatic rings. The molecule has 1 saturated carbocycles. The molecule has 1 aliphatic heterocycles. The van der Waals surface area contributed by atoms with Crippen LogP contribution in [0.3, 0.4) is 0 Å². The van der Waals surface area contributed by atoms with E-state index < -0.39 is 0 Å². The molecule has 5 nitrogen and oxygen atoms in total. The summed E-state index contributed by atoms with van der Waals surface area (Å²) in [6.07, 6.45) is 6.10. The molecule has 5 heteroatoms. The SMILES string of the molecule is Cc1ccn(-c2ccc(N3C[C@H]4CCC[C@H]4C3)nn2)n1. The second-order valence-corrected chi connectivity index (χ2v) is 6.01. The summed E-state index contributed by atoms with van der Waals surface area (Å²) in [5, 5.41) is 13.1. The number of hydrogen-bond donors (Lipinski definition) is 0. The van der Waals surface area contributed by atoms with Crippen LogP contribution in [0.1, 0.15) is 25.0 Å². The highest BCUT2D eigenvalue weighted by Gasteiger charge is 2.36. The van der Waals surface area contributed by atoms with Gasteiger partial charge in [-0.05, 0) is 49.8 Å². The van der Waals surface area contributed by atoms with Crippen LogP contribution in [0.4, 0.5) is 5.82 Å². The van der Waals surface area contributed by atoms with Gasteiger partial charge in [0, 0.05) is 19.3 Å². The molecule has 0 N–H and O–H groups in total. The van der Waals surface area contributed by atoms with Gasteiger partial charge in [0.05, 0.1) is 5.69 Å². The van der Waals surface area contributed by atoms with Gasteiger partial charge < -0.3 is 4.90 Å². The normalized spacial score (nSPS) is 25.1. The number of fused-ring (bicyclic) bond motifs is 1. The van der Waals surface area contributed by atoms with Gasteiger partial charge in [0.1, 0.15) is 0 Å². The second-order valence-electron chi connectivity index (χ2n) is 6.01. The Morgan fingerprint density at radius 3 is 2.30 bits per heavy atom. The summed E-state index contributed by atoms with van der Waals surface area (Å²) in [6.45, 7) is 4.28. The Labute approximate surface area is 118 Å². The molecule has 0 unspecified atom stereocenters. The fourth-order valence-corrected chi connectivity index (χ4v) is 3.57. The number of anilines is 1. The van der Waals surface area contributed by atoms with Crippen LogP contribution in [0, 0.1) is 18.8 Å². The largest absolute Gasteiger partial charge is 0.355 e. The van der Waals surface area contributed by atoms with Gasteiger partial charge in [-0.3, -0.25) is 0 Å². The molecule has 2 aromatic heterocycles. The van der Waals surface area contributed by atoms with Gasteiger partial charge in [0.2, 0.25) is 0 Å². The maximum absolute atomic E-state index is 4.39. The van der Waals surface area contributed by atoms with Crippen LogP contribution < -0.4 is 4.90 Å². The molecular weight excluding hydrogens is 250 g/mol. The van der Waals surface area contributed by atoms with Crippen LogP contribution in [0.25, 0.3) is 5.82 Å². The van der Waals surface area contributed by atoms with Gasteiger partial charge in [-0.15, -0.1) is 10.2 Å². The average molecular weight is 269 g/mol. The van der Waals surface area contributed by atoms with E-state index in [-0.39, 0.29) is 0 Å². The lowest BCUT2D eigenvalue weighted by Gasteiger charge is -2.17. The predicted molar refractivity (Wildman–Crippen MR) is 76.9 cm³/mol. The fraction of sp³-hybridized carbons (Fsp3) is 0.533. The van der Waals surface area contributed by atoms with Crippen molar-refractivity contribution in [1.82, 2.24) is 20.0 Å². The Kier molecular flexibility index (Phi) is 2.72. The first kappa shape index (κ1) is 11.9. The maximum Gasteiger partial charge on any atom is 0.175 e. The highest BCUT2D eigenvalue weighted by Crippen LogP contribution is 2.38. The monoisotopic (exact) mass is 269 g/mol. The summed E-state index contributed by atoms with van der Waals surface area (Å²) >= 11 is 0. The highest BCUT2D eigenvalue weighted by atomic mass is 15.4. The van der Waals surface area contributed by atoms with Crippen LogP contribution >= 0.6 is 0 Å². The van der Waals surface area contributed by atoms with Crippen molar-refractivity contribution in [3.8, 4) is 5.82 Å². The summed E-state index contributed by atoms with van der Waals surface area (Å²) < 4.78 is 1.77. The van der Waals surface area contributed by atoms with Gasteiger partial charge in [-0.1, -0.05) is 6.42 Å². The van der Waals surface area contributed by atoms with Gasteiger partial charge in [0.15, 0.2) is 11.6 Å². The molecular formula is C15H19N5. The third-order valence-corrected chi connectivity index (χ3v) is 4.64. The van der Waals surface area contributed by atoms with Crippen LogP contribution in [0.5, 0.6) is 0 Å². The molecule has 1 saturated heterocycles. The summed E-state index contributed by atoms with van der Waals surface area (Å²) in [4.78, 5) is 2.39. The molecule has 0 radical (unpaired) electrons. The lowest BCUT2D eigenvalue weighted by Crippen LogP contribution is -2.22. The molecule has 1 aliphatic carbocycles. The van der Waals surface area contributed by atoms with E-state index in [4.69, 9.17) is 0 Å². The van der Waals surface area contributed by atoms with E-state index in [0.29, 0.717) is 0 Å². The van der Waals surface area contributed by atoms with E-state index in [2.05, 4.69) is 26.3 Å². The first-order chi connectivity index (χ1) is 9.79. The minimum atomic E-state index is 0.779. The fourth-order valence-electron chi connectivity index (χ4n) is 3.57. The Morgan fingerprint density at radius 1 is 1.00 bits per heavy atom. The maximum atomic E-state index is 4.39. The van der Waals surface area contributed by atoms with Crippen molar-refractivity contribution >= 4 is 5.82 Å². The Hall–Kier alpha value is -1.91. The Bertz CT molecular complexity index is 591. The van der Waals surface area contributed by atoms with Crippen LogP contribution in [0.2, 0.25) is 0 Å². The van der Waals surface area contributed by atoms with Crippen molar-refractivity contribution < 1.29 is 0 Å². The van der Waals surface area contributed by atoms with Gasteiger partial charge in [-0.2, -0.15) is 5.10 Å². The predicted octanol–water partition coefficient (Wildman–Crippen LogP) is 2.21. The summed E-state index contributed by atoms with van der Waals surface area (Å²) in [6, 6.07) is 6.04. The summed E-state index contributed by atoms with van der Waals surface area (Å²) in [5.41, 5.74) is 0.989. The van der Waals surface area contributed by atoms with E-state index in [1.54, 1.807) is 4.68 Å². The zero-order valence-corrected chi connectivity index (χ0v) is 11.7. The molecule has 20 heavy (non-hydrogen) atoms. The summed E-state index contributed by atoms with van der Waals surface area (Å²) in [5.74, 6) is 3.55. The Morgan fingerprint density at radius 2 is 1.70 bits per heavy atom. The molecule has 4 rings (SSSR count). The first-order valence-electron chi connectivity index (χ1n) is 7.41. The topological polar surface area (TPSA) is 46.8 Å². The summed E-state index contributed by atoms with van der Waals surface area (Å²) in [7, 11) is 0. The third kappa shape index (κ3) is 1.97. The minimum absolute atomic E-state index is 0.779. The lowest BCUT2D eigenvalue weighted by atomic mass is 10.0. The second kappa shape index (κ2) is 4.58. The molecule has 2 aromatic rings. The van der Waals surface area contributed by atoms with Gasteiger partial charge in [-0.25, -0.2) is 4.68 Å². The first-order valence-corrected chi connectivity index (χ1v) is 7.41. The van der Waals surface area contributed by atoms with Crippen LogP contribution in [0.15, 0.2) is 24.4 Å². The van der Waals surface area contributed by atoms with E-state index in [9.17, 15) is 0 Å². The van der Waals surface area contributed by atoms with E-state index in [1.807, 2.05) is 25.3 Å². The standard InChI is InChI=1S/C15H19N5/c1-11-7-8-20(18-11)15-6-5-14(16-17-15)19-9-12-3-2-4-13(12)10-19/h5-8,12-13H,2-4,9-10H2,1H3/t12-,13+. The van der Waals surface area contributed by atoms with E-state index in [1.165, 1.54) is 19.3 Å². The van der Waals surface area contributed by atoms with Crippen LogP contribution in [-0.2, 0) is 0 Å². The molecule has 0 bridgehead atoms. The molecule has 3 heterocycles. The number of rotatable bonds is 2. The molecule has 0 amide bonds. The lowest BCUT2D eigenvalue weighted by molar-refractivity contribution is 0.494. The molecule has 0 spiro atoms. The number of aryl methyl sites for hydroxylation is 1. The number of aromatic nitrogens is 4. The molecule has 2 fully saturated rings. The minimum Gasteiger partial charge on any atom is -0.355 e. The van der Waals surface area contributed by atoms with E-state index in [0.717, 1.165) is 42.3 Å². The van der Waals surface area contributed by atoms with Crippen molar-refractivity contribution in [2.75, 3.05) is 18.0 Å². The van der Waals surface area contributed by atoms with Crippen molar-refractivity contribution in [1.29, 1.82) is 0 Å². The molecule has 0 aromatic carbocycles.